The van der Waals surface area contributed by atoms with E-state index < -0.39 is 0 Å². The number of amidine groups is 1. The molecule has 0 N–H and O–H groups in total. The van der Waals surface area contributed by atoms with E-state index >= 15 is 0 Å². The van der Waals surface area contributed by atoms with Crippen molar-refractivity contribution in [2.45, 2.75) is 31.7 Å². The lowest BCUT2D eigenvalue weighted by Gasteiger charge is -2.31. The van der Waals surface area contributed by atoms with Crippen LogP contribution < -0.4 is 0 Å². The van der Waals surface area contributed by atoms with Gasteiger partial charge in [-0.15, -0.1) is 0 Å². The molecule has 1 atom stereocenters. The summed E-state index contributed by atoms with van der Waals surface area (Å²) in [6.45, 7) is 8.73. The predicted octanol–water partition coefficient (Wildman–Crippen LogP) is 6.06. The van der Waals surface area contributed by atoms with Crippen LogP contribution in [0.5, 0.6) is 0 Å². The number of hydrogen-bond donors (Lipinski definition) is 0. The Morgan fingerprint density at radius 2 is 1.10 bits per heavy atom. The highest BCUT2D eigenvalue weighted by molar-refractivity contribution is 6.27. The topological polar surface area (TPSA) is 15.6 Å². The summed E-state index contributed by atoms with van der Waals surface area (Å²) >= 11 is 0. The molecule has 0 spiro atoms. The van der Waals surface area contributed by atoms with Crippen LogP contribution >= 0.6 is 0 Å². The second-order valence-corrected chi connectivity index (χ2v) is 8.28. The van der Waals surface area contributed by atoms with Crippen LogP contribution in [0.25, 0.3) is 11.1 Å². The molecule has 0 fully saturated rings. The van der Waals surface area contributed by atoms with Gasteiger partial charge in [0.05, 0.1) is 5.41 Å². The van der Waals surface area contributed by atoms with Gasteiger partial charge in [-0.05, 0) is 48.6 Å². The molecule has 0 aromatic heterocycles. The first-order chi connectivity index (χ1) is 14.7. The van der Waals surface area contributed by atoms with Gasteiger partial charge in [-0.25, -0.2) is 0 Å². The molecule has 5 rings (SSSR count). The molecule has 1 aliphatic carbocycles. The minimum absolute atomic E-state index is 0.227. The standard InChI is InChI=1S/C28H28N2/c1-4-30(5-2)26-27(3,29-26)28(23-19-13-8-14-20-23)24(21-15-9-6-10-16-21)25(28)22-17-11-7-12-18-22/h6-20H,4-5H2,1-3H3. The van der Waals surface area contributed by atoms with Gasteiger partial charge in [-0.3, -0.25) is 4.99 Å². The Morgan fingerprint density at radius 1 is 0.667 bits per heavy atom. The molecule has 1 aliphatic heterocycles. The normalized spacial score (nSPS) is 21.2. The van der Waals surface area contributed by atoms with E-state index in [4.69, 9.17) is 4.99 Å². The molecule has 0 saturated carbocycles. The van der Waals surface area contributed by atoms with Crippen molar-refractivity contribution in [1.82, 2.24) is 4.90 Å². The smallest absolute Gasteiger partial charge is 0.135 e. The fraction of sp³-hybridized carbons (Fsp3) is 0.250. The van der Waals surface area contributed by atoms with Crippen molar-refractivity contribution in [3.63, 3.8) is 0 Å². The molecule has 1 heterocycles. The summed E-state index contributed by atoms with van der Waals surface area (Å²) in [4.78, 5) is 7.60. The van der Waals surface area contributed by atoms with Gasteiger partial charge >= 0.3 is 0 Å². The van der Waals surface area contributed by atoms with Crippen LogP contribution in [0.15, 0.2) is 96.0 Å². The Morgan fingerprint density at radius 3 is 1.53 bits per heavy atom. The van der Waals surface area contributed by atoms with E-state index in [-0.39, 0.29) is 11.0 Å². The van der Waals surface area contributed by atoms with Crippen LogP contribution in [0.3, 0.4) is 0 Å². The first-order valence-corrected chi connectivity index (χ1v) is 10.9. The van der Waals surface area contributed by atoms with Crippen LogP contribution in [0.1, 0.15) is 37.5 Å². The first-order valence-electron chi connectivity index (χ1n) is 10.9. The Hall–Kier alpha value is -3.13. The summed E-state index contributed by atoms with van der Waals surface area (Å²) < 4.78 is 0. The van der Waals surface area contributed by atoms with E-state index in [1.54, 1.807) is 0 Å². The first kappa shape index (κ1) is 18.9. The van der Waals surface area contributed by atoms with Gasteiger partial charge in [-0.1, -0.05) is 91.0 Å². The van der Waals surface area contributed by atoms with Gasteiger partial charge < -0.3 is 4.90 Å². The van der Waals surface area contributed by atoms with E-state index in [1.807, 2.05) is 0 Å². The summed E-state index contributed by atoms with van der Waals surface area (Å²) in [5, 5.41) is 0. The Kier molecular flexibility index (Phi) is 4.39. The van der Waals surface area contributed by atoms with E-state index in [0.29, 0.717) is 0 Å². The third kappa shape index (κ3) is 2.53. The van der Waals surface area contributed by atoms with Crippen molar-refractivity contribution in [3.8, 4) is 0 Å². The third-order valence-corrected chi connectivity index (χ3v) is 6.78. The van der Waals surface area contributed by atoms with Gasteiger partial charge in [0.25, 0.3) is 0 Å². The summed E-state index contributed by atoms with van der Waals surface area (Å²) in [6.07, 6.45) is 0. The molecular formula is C28H28N2. The fourth-order valence-electron chi connectivity index (χ4n) is 5.29. The third-order valence-electron chi connectivity index (χ3n) is 6.78. The van der Waals surface area contributed by atoms with E-state index in [9.17, 15) is 0 Å². The van der Waals surface area contributed by atoms with Crippen molar-refractivity contribution in [2.75, 3.05) is 13.1 Å². The molecule has 30 heavy (non-hydrogen) atoms. The molecule has 2 heteroatoms. The zero-order valence-electron chi connectivity index (χ0n) is 18.0. The molecule has 3 aromatic carbocycles. The number of hydrogen-bond acceptors (Lipinski definition) is 2. The Labute approximate surface area is 179 Å². The lowest BCUT2D eigenvalue weighted by molar-refractivity contribution is 0.450. The zero-order valence-corrected chi connectivity index (χ0v) is 18.0. The van der Waals surface area contributed by atoms with Crippen molar-refractivity contribution in [1.29, 1.82) is 0 Å². The van der Waals surface area contributed by atoms with Gasteiger partial charge in [0.2, 0.25) is 0 Å². The molecule has 150 valence electrons. The second-order valence-electron chi connectivity index (χ2n) is 8.28. The van der Waals surface area contributed by atoms with Crippen molar-refractivity contribution >= 4 is 17.0 Å². The summed E-state index contributed by atoms with van der Waals surface area (Å²) in [7, 11) is 0. The molecule has 3 aromatic rings. The lowest BCUT2D eigenvalue weighted by atomic mass is 9.73. The summed E-state index contributed by atoms with van der Waals surface area (Å²) in [6, 6.07) is 32.7. The molecule has 1 unspecified atom stereocenters. The number of rotatable bonds is 6. The van der Waals surface area contributed by atoms with Gasteiger partial charge in [0.1, 0.15) is 11.4 Å². The van der Waals surface area contributed by atoms with Crippen LogP contribution in [0.4, 0.5) is 0 Å². The number of likely N-dealkylation sites (N-methyl/N-ethyl adjacent to an activating group) is 1. The lowest BCUT2D eigenvalue weighted by Crippen LogP contribution is -2.42. The summed E-state index contributed by atoms with van der Waals surface area (Å²) in [5.74, 6) is 1.23. The highest BCUT2D eigenvalue weighted by atomic mass is 15.3. The van der Waals surface area contributed by atoms with Crippen LogP contribution in [0.2, 0.25) is 0 Å². The van der Waals surface area contributed by atoms with Crippen molar-refractivity contribution in [3.05, 3.63) is 108 Å². The maximum Gasteiger partial charge on any atom is 0.135 e. The van der Waals surface area contributed by atoms with Crippen LogP contribution in [-0.4, -0.2) is 29.4 Å². The van der Waals surface area contributed by atoms with Crippen molar-refractivity contribution < 1.29 is 0 Å². The largest absolute Gasteiger partial charge is 0.359 e. The van der Waals surface area contributed by atoms with E-state index in [0.717, 1.165) is 13.1 Å². The minimum atomic E-state index is -0.253. The SMILES string of the molecule is CCN(CC)C1=NC1(C)C1(c2ccccc2)C(c2ccccc2)=C1c1ccccc1. The van der Waals surface area contributed by atoms with Gasteiger partial charge in [0.15, 0.2) is 0 Å². The monoisotopic (exact) mass is 392 g/mol. The second kappa shape index (κ2) is 6.98. The molecule has 0 radical (unpaired) electrons. The average Bonchev–Trinajstić information content (AvgIpc) is 3.70. The van der Waals surface area contributed by atoms with E-state index in [1.165, 1.54) is 33.7 Å². The quantitative estimate of drug-likeness (QED) is 0.498. The van der Waals surface area contributed by atoms with Crippen LogP contribution in [0, 0.1) is 0 Å². The fourth-order valence-corrected chi connectivity index (χ4v) is 5.29. The average molecular weight is 393 g/mol. The van der Waals surface area contributed by atoms with Gasteiger partial charge in [0, 0.05) is 13.1 Å². The molecule has 2 nitrogen and oxygen atoms in total. The number of nitrogens with zero attached hydrogens (tertiary/aromatic N) is 2. The zero-order chi connectivity index (χ0) is 20.8. The Bertz CT molecular complexity index is 1060. The number of aliphatic imine (C=N–C) groups is 1. The van der Waals surface area contributed by atoms with Crippen molar-refractivity contribution in [2.24, 2.45) is 4.99 Å². The summed E-state index contributed by atoms with van der Waals surface area (Å²) in [5.41, 5.74) is 6.26. The maximum absolute atomic E-state index is 5.19. The molecule has 2 aliphatic rings. The highest BCUT2D eigenvalue weighted by Crippen LogP contribution is 2.73. The minimum Gasteiger partial charge on any atom is -0.359 e. The van der Waals surface area contributed by atoms with Gasteiger partial charge in [-0.2, -0.15) is 0 Å². The van der Waals surface area contributed by atoms with E-state index in [2.05, 4.69) is 117 Å². The number of benzene rings is 3. The Balaban J connectivity index is 1.72. The maximum atomic E-state index is 5.19. The molecule has 0 amide bonds. The molecule has 0 saturated heterocycles. The molecule has 0 bridgehead atoms. The predicted molar refractivity (Wildman–Crippen MR) is 127 cm³/mol. The molecular weight excluding hydrogens is 364 g/mol. The van der Waals surface area contributed by atoms with Crippen LogP contribution in [-0.2, 0) is 5.41 Å². The highest BCUT2D eigenvalue weighted by Gasteiger charge is 2.72.